The molecule has 4 heterocycles. The third-order valence-electron chi connectivity index (χ3n) is 6.31. The average molecular weight is 666 g/mol. The topological polar surface area (TPSA) is 150 Å². The Balaban J connectivity index is 1.33. The summed E-state index contributed by atoms with van der Waals surface area (Å²) in [5.41, 5.74) is -0.566. The number of carbonyl (C=O) groups excluding carboxylic acids is 2. The van der Waals surface area contributed by atoms with Crippen LogP contribution >= 0.6 is 11.6 Å². The molecule has 0 bridgehead atoms. The number of hydrogen-bond acceptors (Lipinski definition) is 8. The molecule has 0 aliphatic carbocycles. The molecule has 19 heteroatoms. The van der Waals surface area contributed by atoms with E-state index in [0.29, 0.717) is 17.4 Å². The monoisotopic (exact) mass is 665 g/mol. The molecule has 1 atom stereocenters. The predicted molar refractivity (Wildman–Crippen MR) is 153 cm³/mol. The molecule has 3 amide bonds. The van der Waals surface area contributed by atoms with Crippen LogP contribution in [0, 0.1) is 0 Å². The number of anilines is 3. The minimum atomic E-state index is -4.93. The molecule has 0 radical (unpaired) electrons. The summed E-state index contributed by atoms with van der Waals surface area (Å²) in [5, 5.41) is 15.4. The van der Waals surface area contributed by atoms with E-state index in [2.05, 4.69) is 40.9 Å². The van der Waals surface area contributed by atoms with Gasteiger partial charge in [-0.3, -0.25) is 4.79 Å². The number of ether oxygens (including phenoxy) is 2. The maximum Gasteiger partial charge on any atom is 0.420 e. The number of fused-ring (bicyclic) bond motifs is 1. The van der Waals surface area contributed by atoms with Crippen molar-refractivity contribution in [2.75, 3.05) is 23.1 Å². The molecule has 4 aromatic heterocycles. The molecule has 0 aliphatic rings. The fraction of sp³-hybridized carbons (Fsp3) is 0.185. The fourth-order valence-corrected chi connectivity index (χ4v) is 4.39. The minimum Gasteiger partial charge on any atom is -0.435 e. The van der Waals surface area contributed by atoms with E-state index in [1.807, 2.05) is 0 Å². The van der Waals surface area contributed by atoms with Crippen molar-refractivity contribution in [2.24, 2.45) is 0 Å². The Morgan fingerprint density at radius 3 is 2.39 bits per heavy atom. The van der Waals surface area contributed by atoms with E-state index in [0.717, 1.165) is 35.4 Å². The van der Waals surface area contributed by atoms with E-state index in [-0.39, 0.29) is 33.5 Å². The lowest BCUT2D eigenvalue weighted by molar-refractivity contribution is -0.137. The maximum absolute atomic E-state index is 14.1. The number of benzene rings is 1. The Bertz CT molecular complexity index is 1900. The molecule has 13 nitrogen and oxygen atoms in total. The van der Waals surface area contributed by atoms with Crippen molar-refractivity contribution in [3.05, 3.63) is 83.2 Å². The standard InChI is InChI=1S/C27H21ClF5N9O4/c1-13(45-2)22-19(11-34-21-8-20(28)40-42(21)22)39-26(44)38-15-7-18(27(31,32)33)23(35-9-15)41-12-16(10-36-41)37-24(43)14-3-5-17(6-4-14)46-25(29)30/h3-13,25H,1-2H3,(H,37,43)(H2,38,39,44)/t13-/m0/s1. The Morgan fingerprint density at radius 2 is 1.72 bits per heavy atom. The number of pyridine rings is 1. The quantitative estimate of drug-likeness (QED) is 0.158. The normalized spacial score (nSPS) is 12.3. The number of amides is 3. The first-order valence-corrected chi connectivity index (χ1v) is 13.3. The summed E-state index contributed by atoms with van der Waals surface area (Å²) in [6.45, 7) is -1.36. The number of aromatic nitrogens is 6. The van der Waals surface area contributed by atoms with Crippen molar-refractivity contribution in [1.82, 2.24) is 29.4 Å². The van der Waals surface area contributed by atoms with Crippen LogP contribution in [0.15, 0.2) is 61.2 Å². The molecule has 3 N–H and O–H groups in total. The maximum atomic E-state index is 14.1. The zero-order valence-corrected chi connectivity index (χ0v) is 24.3. The van der Waals surface area contributed by atoms with Crippen molar-refractivity contribution in [2.45, 2.75) is 25.8 Å². The highest BCUT2D eigenvalue weighted by Crippen LogP contribution is 2.35. The SMILES string of the molecule is CO[C@@H](C)c1c(NC(=O)Nc2cnc(-n3cc(NC(=O)c4ccc(OC(F)F)cc4)cn3)c(C(F)(F)F)c2)cnc2cc(Cl)nn12. The average Bonchev–Trinajstić information content (AvgIpc) is 3.62. The van der Waals surface area contributed by atoms with Crippen LogP contribution in [-0.4, -0.2) is 55.0 Å². The molecule has 46 heavy (non-hydrogen) atoms. The fourth-order valence-electron chi connectivity index (χ4n) is 4.22. The van der Waals surface area contributed by atoms with E-state index in [1.165, 1.54) is 36.0 Å². The largest absolute Gasteiger partial charge is 0.435 e. The van der Waals surface area contributed by atoms with Gasteiger partial charge in [-0.15, -0.1) is 0 Å². The summed E-state index contributed by atoms with van der Waals surface area (Å²) in [4.78, 5) is 33.4. The van der Waals surface area contributed by atoms with Gasteiger partial charge in [0.1, 0.15) is 11.3 Å². The van der Waals surface area contributed by atoms with Crippen molar-refractivity contribution in [3.63, 3.8) is 0 Å². The summed E-state index contributed by atoms with van der Waals surface area (Å²) in [7, 11) is 1.43. The van der Waals surface area contributed by atoms with E-state index in [1.54, 1.807) is 6.92 Å². The number of alkyl halides is 5. The lowest BCUT2D eigenvalue weighted by atomic mass is 10.2. The van der Waals surface area contributed by atoms with Crippen LogP contribution in [0.5, 0.6) is 5.75 Å². The van der Waals surface area contributed by atoms with Gasteiger partial charge in [0, 0.05) is 18.7 Å². The van der Waals surface area contributed by atoms with Crippen molar-refractivity contribution < 1.29 is 41.0 Å². The van der Waals surface area contributed by atoms with Crippen LogP contribution in [-0.2, 0) is 10.9 Å². The number of methoxy groups -OCH3 is 1. The lowest BCUT2D eigenvalue weighted by Gasteiger charge is -2.17. The molecule has 0 unspecified atom stereocenters. The van der Waals surface area contributed by atoms with Gasteiger partial charge in [0.05, 0.1) is 53.6 Å². The van der Waals surface area contributed by atoms with Gasteiger partial charge in [-0.25, -0.2) is 24.0 Å². The highest BCUT2D eigenvalue weighted by atomic mass is 35.5. The number of halogens is 6. The highest BCUT2D eigenvalue weighted by Gasteiger charge is 2.36. The number of hydrogen-bond donors (Lipinski definition) is 3. The van der Waals surface area contributed by atoms with Gasteiger partial charge >= 0.3 is 18.8 Å². The van der Waals surface area contributed by atoms with Crippen LogP contribution in [0.3, 0.4) is 0 Å². The molecule has 0 spiro atoms. The van der Waals surface area contributed by atoms with Gasteiger partial charge in [0.25, 0.3) is 5.91 Å². The number of urea groups is 1. The first-order chi connectivity index (χ1) is 21.8. The molecular formula is C27H21ClF5N9O4. The summed E-state index contributed by atoms with van der Waals surface area (Å²) in [5.74, 6) is -1.50. The number of rotatable bonds is 9. The van der Waals surface area contributed by atoms with E-state index < -0.39 is 42.2 Å². The molecule has 1 aromatic carbocycles. The summed E-state index contributed by atoms with van der Waals surface area (Å²) in [6.07, 6.45) is -1.03. The first-order valence-electron chi connectivity index (χ1n) is 13.0. The zero-order valence-electron chi connectivity index (χ0n) is 23.5. The second-order valence-corrected chi connectivity index (χ2v) is 9.76. The van der Waals surface area contributed by atoms with Gasteiger partial charge in [-0.2, -0.15) is 32.1 Å². The van der Waals surface area contributed by atoms with Gasteiger partial charge in [0.15, 0.2) is 16.6 Å². The van der Waals surface area contributed by atoms with Crippen LogP contribution in [0.2, 0.25) is 5.15 Å². The van der Waals surface area contributed by atoms with E-state index in [4.69, 9.17) is 16.3 Å². The lowest BCUT2D eigenvalue weighted by Crippen LogP contribution is -2.23. The van der Waals surface area contributed by atoms with Crippen LogP contribution in [0.25, 0.3) is 11.5 Å². The third kappa shape index (κ3) is 7.13. The van der Waals surface area contributed by atoms with Gasteiger partial charge in [0.2, 0.25) is 0 Å². The smallest absolute Gasteiger partial charge is 0.420 e. The Kier molecular flexibility index (Phi) is 9.01. The van der Waals surface area contributed by atoms with Crippen LogP contribution < -0.4 is 20.7 Å². The predicted octanol–water partition coefficient (Wildman–Crippen LogP) is 6.19. The first kappa shape index (κ1) is 32.0. The molecular weight excluding hydrogens is 645 g/mol. The van der Waals surface area contributed by atoms with Crippen molar-refractivity contribution in [3.8, 4) is 11.6 Å². The van der Waals surface area contributed by atoms with Crippen molar-refractivity contribution >= 4 is 46.2 Å². The molecule has 5 rings (SSSR count). The number of nitrogens with one attached hydrogen (secondary N) is 3. The van der Waals surface area contributed by atoms with E-state index in [9.17, 15) is 31.5 Å². The zero-order chi connectivity index (χ0) is 33.2. The molecule has 240 valence electrons. The second kappa shape index (κ2) is 12.9. The van der Waals surface area contributed by atoms with Crippen LogP contribution in [0.1, 0.15) is 34.6 Å². The highest BCUT2D eigenvalue weighted by molar-refractivity contribution is 6.29. The van der Waals surface area contributed by atoms with E-state index >= 15 is 0 Å². The summed E-state index contributed by atoms with van der Waals surface area (Å²) < 4.78 is 78.7. The van der Waals surface area contributed by atoms with Crippen LogP contribution in [0.4, 0.5) is 43.8 Å². The molecule has 0 fully saturated rings. The summed E-state index contributed by atoms with van der Waals surface area (Å²) in [6, 6.07) is 6.01. The Morgan fingerprint density at radius 1 is 0.978 bits per heavy atom. The van der Waals surface area contributed by atoms with Crippen molar-refractivity contribution in [1.29, 1.82) is 0 Å². The summed E-state index contributed by atoms with van der Waals surface area (Å²) >= 11 is 5.98. The number of carbonyl (C=O) groups is 2. The molecule has 0 aliphatic heterocycles. The molecule has 0 saturated heterocycles. The minimum absolute atomic E-state index is 0.0135. The second-order valence-electron chi connectivity index (χ2n) is 9.37. The molecule has 0 saturated carbocycles. The van der Waals surface area contributed by atoms with Gasteiger partial charge in [-0.1, -0.05) is 11.6 Å². The third-order valence-corrected chi connectivity index (χ3v) is 6.49. The van der Waals surface area contributed by atoms with Gasteiger partial charge < -0.3 is 25.4 Å². The van der Waals surface area contributed by atoms with Gasteiger partial charge in [-0.05, 0) is 37.3 Å². The molecule has 5 aromatic rings. The number of nitrogens with zero attached hydrogens (tertiary/aromatic N) is 6. The Hall–Kier alpha value is -5.36. The Labute approximate surface area is 260 Å².